The molecule has 3 aromatic carbocycles. The number of fused-ring (bicyclic) bond motifs is 1. The predicted molar refractivity (Wildman–Crippen MR) is 138 cm³/mol. The average Bonchev–Trinajstić information content (AvgIpc) is 3.23. The summed E-state index contributed by atoms with van der Waals surface area (Å²) < 4.78 is 15.7. The number of aromatic nitrogens is 1. The third-order valence-corrected chi connectivity index (χ3v) is 7.15. The maximum atomic E-state index is 13.4. The van der Waals surface area contributed by atoms with Gasteiger partial charge < -0.3 is 9.88 Å². The zero-order valence-electron chi connectivity index (χ0n) is 20.2. The van der Waals surface area contributed by atoms with E-state index in [9.17, 15) is 9.18 Å². The lowest BCUT2D eigenvalue weighted by Gasteiger charge is -2.32. The quantitative estimate of drug-likeness (QED) is 0.365. The summed E-state index contributed by atoms with van der Waals surface area (Å²) in [5, 5.41) is 4.42. The van der Waals surface area contributed by atoms with Gasteiger partial charge in [0.15, 0.2) is 0 Å². The smallest absolute Gasteiger partial charge is 0.223 e. The zero-order chi connectivity index (χ0) is 24.2. The van der Waals surface area contributed by atoms with Gasteiger partial charge in [-0.15, -0.1) is 0 Å². The molecule has 1 aromatic heterocycles. The molecule has 1 aliphatic heterocycles. The Morgan fingerprint density at radius 3 is 2.37 bits per heavy atom. The first-order valence-electron chi connectivity index (χ1n) is 12.5. The van der Waals surface area contributed by atoms with E-state index in [1.807, 2.05) is 37.3 Å². The highest BCUT2D eigenvalue weighted by atomic mass is 19.1. The van der Waals surface area contributed by atoms with Crippen LogP contribution in [0.3, 0.4) is 0 Å². The standard InChI is InChI=1S/C30H32FN3O/c1-22(24-7-3-2-4-8-24)32-30(35)25-15-17-33(18-16-25)21-28-19-26-9-5-6-10-29(26)34(28)20-23-11-13-27(31)14-12-23/h2-14,19,22,25H,15-18,20-21H2,1H3,(H,32,35). The fourth-order valence-electron chi connectivity index (χ4n) is 5.10. The number of benzene rings is 3. The van der Waals surface area contributed by atoms with Crippen molar-refractivity contribution in [2.24, 2.45) is 5.92 Å². The minimum absolute atomic E-state index is 0.0175. The van der Waals surface area contributed by atoms with Gasteiger partial charge in [0, 0.05) is 30.2 Å². The average molecular weight is 470 g/mol. The lowest BCUT2D eigenvalue weighted by Crippen LogP contribution is -2.41. The third kappa shape index (κ3) is 5.46. The Labute approximate surface area is 206 Å². The molecule has 2 heterocycles. The Morgan fingerprint density at radius 1 is 0.943 bits per heavy atom. The van der Waals surface area contributed by atoms with Crippen LogP contribution in [0, 0.1) is 11.7 Å². The van der Waals surface area contributed by atoms with Crippen molar-refractivity contribution in [2.45, 2.75) is 38.9 Å². The van der Waals surface area contributed by atoms with Gasteiger partial charge in [-0.1, -0.05) is 60.7 Å². The summed E-state index contributed by atoms with van der Waals surface area (Å²) in [5.41, 5.74) is 4.65. The Kier molecular flexibility index (Phi) is 6.96. The first-order valence-corrected chi connectivity index (χ1v) is 12.5. The molecule has 35 heavy (non-hydrogen) atoms. The van der Waals surface area contributed by atoms with E-state index in [0.29, 0.717) is 6.54 Å². The van der Waals surface area contributed by atoms with Gasteiger partial charge in [0.2, 0.25) is 5.91 Å². The van der Waals surface area contributed by atoms with Crippen LogP contribution in [0.5, 0.6) is 0 Å². The second-order valence-electron chi connectivity index (χ2n) is 9.60. The molecule has 1 N–H and O–H groups in total. The number of carbonyl (C=O) groups excluding carboxylic acids is 1. The normalized spacial score (nSPS) is 15.8. The fraction of sp³-hybridized carbons (Fsp3) is 0.300. The van der Waals surface area contributed by atoms with Gasteiger partial charge in [-0.05, 0) is 73.6 Å². The number of carbonyl (C=O) groups is 1. The summed E-state index contributed by atoms with van der Waals surface area (Å²) >= 11 is 0. The summed E-state index contributed by atoms with van der Waals surface area (Å²) in [6, 6.07) is 27.6. The minimum Gasteiger partial charge on any atom is -0.349 e. The van der Waals surface area contributed by atoms with E-state index in [2.05, 4.69) is 57.2 Å². The monoisotopic (exact) mass is 469 g/mol. The van der Waals surface area contributed by atoms with E-state index in [1.165, 1.54) is 28.7 Å². The third-order valence-electron chi connectivity index (χ3n) is 7.15. The molecule has 0 spiro atoms. The van der Waals surface area contributed by atoms with Gasteiger partial charge in [0.05, 0.1) is 6.04 Å². The van der Waals surface area contributed by atoms with E-state index in [-0.39, 0.29) is 23.7 Å². The van der Waals surface area contributed by atoms with Crippen molar-refractivity contribution in [2.75, 3.05) is 13.1 Å². The Hall–Kier alpha value is -3.44. The highest BCUT2D eigenvalue weighted by Gasteiger charge is 2.26. The highest BCUT2D eigenvalue weighted by molar-refractivity contribution is 5.81. The summed E-state index contributed by atoms with van der Waals surface area (Å²) in [4.78, 5) is 15.3. The molecule has 1 fully saturated rings. The first-order chi connectivity index (χ1) is 17.1. The number of amides is 1. The largest absolute Gasteiger partial charge is 0.349 e. The molecule has 4 aromatic rings. The number of hydrogen-bond donors (Lipinski definition) is 1. The van der Waals surface area contributed by atoms with Crippen LogP contribution in [0.1, 0.15) is 42.6 Å². The SMILES string of the molecule is CC(NC(=O)C1CCN(Cc2cc3ccccc3n2Cc2ccc(F)cc2)CC1)c1ccccc1. The second-order valence-corrected chi connectivity index (χ2v) is 9.60. The molecule has 0 radical (unpaired) electrons. The maximum Gasteiger partial charge on any atom is 0.223 e. The number of nitrogens with zero attached hydrogens (tertiary/aromatic N) is 2. The molecular formula is C30H32FN3O. The number of para-hydroxylation sites is 1. The molecule has 1 atom stereocenters. The molecule has 5 rings (SSSR count). The van der Waals surface area contributed by atoms with E-state index < -0.39 is 0 Å². The van der Waals surface area contributed by atoms with E-state index in [4.69, 9.17) is 0 Å². The molecule has 5 heteroatoms. The first kappa shape index (κ1) is 23.3. The minimum atomic E-state index is -0.212. The summed E-state index contributed by atoms with van der Waals surface area (Å²) in [5.74, 6) is 0.00493. The van der Waals surface area contributed by atoms with Gasteiger partial charge in [0.25, 0.3) is 0 Å². The molecule has 1 amide bonds. The molecule has 0 bridgehead atoms. The van der Waals surface area contributed by atoms with Crippen molar-refractivity contribution < 1.29 is 9.18 Å². The molecular weight excluding hydrogens is 437 g/mol. The number of rotatable bonds is 7. The van der Waals surface area contributed by atoms with Crippen LogP contribution in [0.15, 0.2) is 84.9 Å². The van der Waals surface area contributed by atoms with Gasteiger partial charge in [-0.25, -0.2) is 4.39 Å². The van der Waals surface area contributed by atoms with Crippen molar-refractivity contribution in [1.29, 1.82) is 0 Å². The van der Waals surface area contributed by atoms with E-state index >= 15 is 0 Å². The lowest BCUT2D eigenvalue weighted by atomic mass is 9.95. The number of halogens is 1. The molecule has 1 saturated heterocycles. The van der Waals surface area contributed by atoms with Crippen molar-refractivity contribution >= 4 is 16.8 Å². The maximum absolute atomic E-state index is 13.4. The van der Waals surface area contributed by atoms with E-state index in [0.717, 1.165) is 43.6 Å². The van der Waals surface area contributed by atoms with Gasteiger partial charge >= 0.3 is 0 Å². The Balaban J connectivity index is 1.23. The molecule has 0 aliphatic carbocycles. The number of piperidine rings is 1. The highest BCUT2D eigenvalue weighted by Crippen LogP contribution is 2.25. The second kappa shape index (κ2) is 10.4. The summed E-state index contributed by atoms with van der Waals surface area (Å²) in [7, 11) is 0. The van der Waals surface area contributed by atoms with Crippen LogP contribution < -0.4 is 5.32 Å². The number of nitrogens with one attached hydrogen (secondary N) is 1. The topological polar surface area (TPSA) is 37.3 Å². The van der Waals surface area contributed by atoms with Gasteiger partial charge in [0.1, 0.15) is 5.82 Å². The van der Waals surface area contributed by atoms with Crippen LogP contribution in [-0.2, 0) is 17.9 Å². The van der Waals surface area contributed by atoms with Crippen LogP contribution in [0.25, 0.3) is 10.9 Å². The van der Waals surface area contributed by atoms with Crippen molar-refractivity contribution in [3.63, 3.8) is 0 Å². The van der Waals surface area contributed by atoms with Gasteiger partial charge in [-0.2, -0.15) is 0 Å². The van der Waals surface area contributed by atoms with Crippen molar-refractivity contribution in [1.82, 2.24) is 14.8 Å². The number of likely N-dealkylation sites (tertiary alicyclic amines) is 1. The van der Waals surface area contributed by atoms with Crippen molar-refractivity contribution in [3.8, 4) is 0 Å². The Morgan fingerprint density at radius 2 is 1.63 bits per heavy atom. The van der Waals surface area contributed by atoms with Gasteiger partial charge in [-0.3, -0.25) is 9.69 Å². The van der Waals surface area contributed by atoms with Crippen LogP contribution in [-0.4, -0.2) is 28.5 Å². The van der Waals surface area contributed by atoms with Crippen molar-refractivity contribution in [3.05, 3.63) is 108 Å². The molecule has 4 nitrogen and oxygen atoms in total. The molecule has 180 valence electrons. The van der Waals surface area contributed by atoms with Crippen LogP contribution in [0.4, 0.5) is 4.39 Å². The molecule has 1 aliphatic rings. The van der Waals surface area contributed by atoms with E-state index in [1.54, 1.807) is 0 Å². The molecule has 0 saturated carbocycles. The number of hydrogen-bond acceptors (Lipinski definition) is 2. The molecule has 1 unspecified atom stereocenters. The zero-order valence-corrected chi connectivity index (χ0v) is 20.2. The lowest BCUT2D eigenvalue weighted by molar-refractivity contribution is -0.127. The fourth-order valence-corrected chi connectivity index (χ4v) is 5.10. The van der Waals surface area contributed by atoms with Crippen LogP contribution in [0.2, 0.25) is 0 Å². The summed E-state index contributed by atoms with van der Waals surface area (Å²) in [6.45, 7) is 5.39. The Bertz CT molecular complexity index is 1270. The predicted octanol–water partition coefficient (Wildman–Crippen LogP) is 5.92. The van der Waals surface area contributed by atoms with Crippen LogP contribution >= 0.6 is 0 Å². The summed E-state index contributed by atoms with van der Waals surface area (Å²) in [6.07, 6.45) is 1.73.